The summed E-state index contributed by atoms with van der Waals surface area (Å²) in [6, 6.07) is 2.71. The quantitative estimate of drug-likeness (QED) is 0.827. The van der Waals surface area contributed by atoms with E-state index >= 15 is 0 Å². The van der Waals surface area contributed by atoms with Crippen molar-refractivity contribution in [2.24, 2.45) is 0 Å². The van der Waals surface area contributed by atoms with Gasteiger partial charge in [0.1, 0.15) is 17.5 Å². The smallest absolute Gasteiger partial charge is 0.416 e. The molecule has 2 rings (SSSR count). The number of rotatable bonds is 1. The molecule has 2 N–H and O–H groups in total. The molecule has 1 aliphatic rings. The minimum absolute atomic E-state index is 0.323. The lowest BCUT2D eigenvalue weighted by Crippen LogP contribution is -2.52. The summed E-state index contributed by atoms with van der Waals surface area (Å²) < 4.78 is 43.7. The summed E-state index contributed by atoms with van der Waals surface area (Å²) in [5.41, 5.74) is -1.29. The molecular formula is C13H16F3NO2. The van der Waals surface area contributed by atoms with Crippen molar-refractivity contribution in [2.45, 2.75) is 37.8 Å². The second-order valence-corrected chi connectivity index (χ2v) is 5.17. The van der Waals surface area contributed by atoms with E-state index in [-0.39, 0.29) is 0 Å². The van der Waals surface area contributed by atoms with Crippen molar-refractivity contribution in [1.29, 1.82) is 0 Å². The largest absolute Gasteiger partial charge is 0.485 e. The fourth-order valence-electron chi connectivity index (χ4n) is 2.29. The normalized spacial score (nSPS) is 25.6. The Balaban J connectivity index is 2.52. The van der Waals surface area contributed by atoms with Crippen LogP contribution in [0.5, 0.6) is 5.75 Å². The van der Waals surface area contributed by atoms with Crippen molar-refractivity contribution in [3.63, 3.8) is 0 Å². The maximum Gasteiger partial charge on any atom is 0.416 e. The second-order valence-electron chi connectivity index (χ2n) is 5.17. The summed E-state index contributed by atoms with van der Waals surface area (Å²) in [6.07, 6.45) is -5.35. The molecule has 0 amide bonds. The number of aliphatic hydroxyl groups excluding tert-OH is 1. The van der Waals surface area contributed by atoms with Crippen molar-refractivity contribution in [1.82, 2.24) is 5.32 Å². The first kappa shape index (κ1) is 14.1. The fraction of sp³-hybridized carbons (Fsp3) is 0.538. The van der Waals surface area contributed by atoms with Gasteiger partial charge < -0.3 is 15.2 Å². The van der Waals surface area contributed by atoms with Crippen LogP contribution in [0.1, 0.15) is 31.0 Å². The number of aliphatic hydroxyl groups is 1. The zero-order valence-electron chi connectivity index (χ0n) is 10.9. The van der Waals surface area contributed by atoms with Crippen molar-refractivity contribution in [3.8, 4) is 5.75 Å². The zero-order chi connectivity index (χ0) is 14.4. The van der Waals surface area contributed by atoms with Gasteiger partial charge in [-0.25, -0.2) is 0 Å². The molecule has 0 spiro atoms. The molecule has 19 heavy (non-hydrogen) atoms. The Morgan fingerprint density at radius 1 is 1.32 bits per heavy atom. The van der Waals surface area contributed by atoms with Gasteiger partial charge in [0.2, 0.25) is 0 Å². The summed E-state index contributed by atoms with van der Waals surface area (Å²) in [4.78, 5) is 0. The van der Waals surface area contributed by atoms with E-state index in [9.17, 15) is 18.3 Å². The summed E-state index contributed by atoms with van der Waals surface area (Å²) in [5, 5.41) is 13.0. The Hall–Kier alpha value is -1.27. The molecule has 0 aliphatic carbocycles. The van der Waals surface area contributed by atoms with Crippen molar-refractivity contribution < 1.29 is 23.0 Å². The highest BCUT2D eigenvalue weighted by atomic mass is 19.4. The van der Waals surface area contributed by atoms with Gasteiger partial charge in [-0.05, 0) is 39.1 Å². The number of hydrogen-bond acceptors (Lipinski definition) is 3. The Morgan fingerprint density at radius 3 is 2.47 bits per heavy atom. The number of fused-ring (bicyclic) bond motifs is 1. The van der Waals surface area contributed by atoms with E-state index in [1.54, 1.807) is 20.9 Å². The van der Waals surface area contributed by atoms with Gasteiger partial charge >= 0.3 is 6.18 Å². The highest BCUT2D eigenvalue weighted by molar-refractivity contribution is 5.43. The van der Waals surface area contributed by atoms with Crippen molar-refractivity contribution in [2.75, 3.05) is 7.05 Å². The van der Waals surface area contributed by atoms with E-state index in [2.05, 4.69) is 5.32 Å². The summed E-state index contributed by atoms with van der Waals surface area (Å²) in [5.74, 6) is 0.364. The molecule has 6 heteroatoms. The van der Waals surface area contributed by atoms with Gasteiger partial charge in [0.05, 0.1) is 11.6 Å². The van der Waals surface area contributed by atoms with Crippen LogP contribution in [0.4, 0.5) is 13.2 Å². The van der Waals surface area contributed by atoms with Gasteiger partial charge in [-0.15, -0.1) is 0 Å². The molecule has 1 heterocycles. The first-order valence-electron chi connectivity index (χ1n) is 5.92. The maximum absolute atomic E-state index is 12.7. The molecule has 0 radical (unpaired) electrons. The number of ether oxygens (including phenoxy) is 1. The summed E-state index contributed by atoms with van der Waals surface area (Å²) >= 11 is 0. The van der Waals surface area contributed by atoms with Crippen LogP contribution < -0.4 is 10.1 Å². The van der Waals surface area contributed by atoms with Crippen LogP contribution in [0.3, 0.4) is 0 Å². The minimum Gasteiger partial charge on any atom is -0.485 e. The van der Waals surface area contributed by atoms with E-state index < -0.39 is 29.5 Å². The van der Waals surface area contributed by atoms with E-state index in [1.807, 2.05) is 0 Å². The predicted molar refractivity (Wildman–Crippen MR) is 64.0 cm³/mol. The molecule has 0 saturated carbocycles. The van der Waals surface area contributed by atoms with Crippen LogP contribution in [0.15, 0.2) is 18.2 Å². The highest BCUT2D eigenvalue weighted by Crippen LogP contribution is 2.42. The molecule has 0 bridgehead atoms. The minimum atomic E-state index is -4.41. The van der Waals surface area contributed by atoms with Gasteiger partial charge in [0, 0.05) is 5.56 Å². The number of benzene rings is 1. The molecule has 0 fully saturated rings. The average molecular weight is 275 g/mol. The topological polar surface area (TPSA) is 41.5 Å². The Kier molecular flexibility index (Phi) is 3.26. The lowest BCUT2D eigenvalue weighted by molar-refractivity contribution is -0.137. The third-order valence-corrected chi connectivity index (χ3v) is 3.38. The third-order valence-electron chi connectivity index (χ3n) is 3.38. The van der Waals surface area contributed by atoms with Gasteiger partial charge in [-0.2, -0.15) is 13.2 Å². The van der Waals surface area contributed by atoms with E-state index in [4.69, 9.17) is 4.74 Å². The van der Waals surface area contributed by atoms with Crippen molar-refractivity contribution >= 4 is 0 Å². The Morgan fingerprint density at radius 2 is 1.95 bits per heavy atom. The molecule has 0 aromatic heterocycles. The van der Waals surface area contributed by atoms with Gasteiger partial charge in [-0.1, -0.05) is 0 Å². The highest BCUT2D eigenvalue weighted by Gasteiger charge is 2.43. The molecule has 0 unspecified atom stereocenters. The zero-order valence-corrected chi connectivity index (χ0v) is 10.9. The predicted octanol–water partition coefficient (Wildman–Crippen LogP) is 2.50. The SMILES string of the molecule is CN[C@@H]1c2cc(C(F)(F)F)ccc2OC(C)(C)[C@H]1O. The molecule has 0 saturated heterocycles. The van der Waals surface area contributed by atoms with Gasteiger partial charge in [0.25, 0.3) is 0 Å². The van der Waals surface area contributed by atoms with Gasteiger partial charge in [0.15, 0.2) is 0 Å². The number of alkyl halides is 3. The van der Waals surface area contributed by atoms with Crippen LogP contribution in [-0.4, -0.2) is 23.9 Å². The van der Waals surface area contributed by atoms with Crippen LogP contribution in [0.25, 0.3) is 0 Å². The van der Waals surface area contributed by atoms with Crippen LogP contribution in [0.2, 0.25) is 0 Å². The number of likely N-dealkylation sites (N-methyl/N-ethyl adjacent to an activating group) is 1. The molecular weight excluding hydrogens is 259 g/mol. The first-order chi connectivity index (χ1) is 8.66. The van der Waals surface area contributed by atoms with E-state index in [0.29, 0.717) is 11.3 Å². The first-order valence-corrected chi connectivity index (χ1v) is 5.92. The third kappa shape index (κ3) is 2.42. The number of hydrogen-bond donors (Lipinski definition) is 2. The van der Waals surface area contributed by atoms with E-state index in [0.717, 1.165) is 12.1 Å². The van der Waals surface area contributed by atoms with Gasteiger partial charge in [-0.3, -0.25) is 0 Å². The average Bonchev–Trinajstić information content (AvgIpc) is 2.28. The lowest BCUT2D eigenvalue weighted by Gasteiger charge is -2.42. The molecule has 1 aliphatic heterocycles. The standard InChI is InChI=1S/C13H16F3NO2/c1-12(2)11(18)10(17-3)8-6-7(13(14,15)16)4-5-9(8)19-12/h4-6,10-11,17-18H,1-3H3/t10-,11+/m1/s1. The number of nitrogens with one attached hydrogen (secondary N) is 1. The fourth-order valence-corrected chi connectivity index (χ4v) is 2.29. The molecule has 106 valence electrons. The molecule has 1 aromatic rings. The molecule has 2 atom stereocenters. The number of halogens is 3. The second kappa shape index (κ2) is 4.38. The molecule has 3 nitrogen and oxygen atoms in total. The van der Waals surface area contributed by atoms with Crippen LogP contribution in [-0.2, 0) is 6.18 Å². The lowest BCUT2D eigenvalue weighted by atomic mass is 9.86. The van der Waals surface area contributed by atoms with E-state index in [1.165, 1.54) is 6.07 Å². The van der Waals surface area contributed by atoms with Crippen LogP contribution >= 0.6 is 0 Å². The monoisotopic (exact) mass is 275 g/mol. The Bertz CT molecular complexity index is 485. The molecule has 1 aromatic carbocycles. The van der Waals surface area contributed by atoms with Crippen molar-refractivity contribution in [3.05, 3.63) is 29.3 Å². The maximum atomic E-state index is 12.7. The van der Waals surface area contributed by atoms with Crippen LogP contribution in [0, 0.1) is 0 Å². The Labute approximate surface area is 109 Å². The summed E-state index contributed by atoms with van der Waals surface area (Å²) in [7, 11) is 1.60. The summed E-state index contributed by atoms with van der Waals surface area (Å²) in [6.45, 7) is 3.39.